The van der Waals surface area contributed by atoms with Crippen molar-refractivity contribution in [3.63, 3.8) is 0 Å². The second kappa shape index (κ2) is 8.96. The Morgan fingerprint density at radius 3 is 2.43 bits per heavy atom. The van der Waals surface area contributed by atoms with Gasteiger partial charge in [0.2, 0.25) is 5.91 Å². The molecule has 3 rings (SSSR count). The number of amides is 1. The normalized spacial score (nSPS) is 11.7. The van der Waals surface area contributed by atoms with E-state index in [0.717, 1.165) is 11.1 Å². The average Bonchev–Trinajstić information content (AvgIpc) is 3.07. The number of benzene rings is 2. The third-order valence-electron chi connectivity index (χ3n) is 4.38. The van der Waals surface area contributed by atoms with Crippen LogP contribution >= 0.6 is 11.6 Å². The van der Waals surface area contributed by atoms with Gasteiger partial charge in [0.25, 0.3) is 5.69 Å². The van der Waals surface area contributed by atoms with Gasteiger partial charge in [0.1, 0.15) is 17.5 Å². The second-order valence-corrected chi connectivity index (χ2v) is 7.39. The summed E-state index contributed by atoms with van der Waals surface area (Å²) in [6.45, 7) is 5.71. The largest absolute Gasteiger partial charge is 0.457 e. The molecular weight excluding hydrogens is 408 g/mol. The van der Waals surface area contributed by atoms with Gasteiger partial charge < -0.3 is 10.1 Å². The van der Waals surface area contributed by atoms with Crippen LogP contribution in [0.3, 0.4) is 0 Å². The predicted molar refractivity (Wildman–Crippen MR) is 114 cm³/mol. The van der Waals surface area contributed by atoms with Crippen LogP contribution in [0.25, 0.3) is 0 Å². The van der Waals surface area contributed by atoms with Crippen molar-refractivity contribution < 1.29 is 14.5 Å². The smallest absolute Gasteiger partial charge is 0.275 e. The highest BCUT2D eigenvalue weighted by Gasteiger charge is 2.21. The number of hydrogen-bond donors (Lipinski definition) is 1. The molecule has 1 unspecified atom stereocenters. The average molecular weight is 429 g/mol. The first-order valence-corrected chi connectivity index (χ1v) is 9.69. The van der Waals surface area contributed by atoms with Crippen LogP contribution in [0.1, 0.15) is 30.5 Å². The molecule has 1 heterocycles. The minimum atomic E-state index is -0.611. The van der Waals surface area contributed by atoms with Crippen molar-refractivity contribution in [1.29, 1.82) is 0 Å². The molecule has 2 aromatic carbocycles. The number of non-ortho nitro benzene ring substituents is 1. The van der Waals surface area contributed by atoms with E-state index < -0.39 is 11.0 Å². The lowest BCUT2D eigenvalue weighted by molar-refractivity contribution is -0.384. The van der Waals surface area contributed by atoms with Crippen LogP contribution in [-0.4, -0.2) is 20.6 Å². The Hall–Kier alpha value is -3.39. The van der Waals surface area contributed by atoms with Gasteiger partial charge >= 0.3 is 0 Å². The Labute approximate surface area is 178 Å². The van der Waals surface area contributed by atoms with Crippen LogP contribution in [0.15, 0.2) is 48.8 Å². The molecule has 0 radical (unpaired) electrons. The highest BCUT2D eigenvalue weighted by atomic mass is 35.5. The third kappa shape index (κ3) is 5.15. The van der Waals surface area contributed by atoms with Crippen LogP contribution in [0.2, 0.25) is 5.02 Å². The molecule has 156 valence electrons. The van der Waals surface area contributed by atoms with Crippen LogP contribution in [-0.2, 0) is 4.79 Å². The summed E-state index contributed by atoms with van der Waals surface area (Å²) in [5.74, 6) is 0.442. The van der Waals surface area contributed by atoms with Crippen LogP contribution < -0.4 is 10.1 Å². The van der Waals surface area contributed by atoms with Gasteiger partial charge in [-0.1, -0.05) is 24.6 Å². The number of aryl methyl sites for hydroxylation is 2. The lowest BCUT2D eigenvalue weighted by Crippen LogP contribution is -2.26. The van der Waals surface area contributed by atoms with E-state index in [4.69, 9.17) is 16.3 Å². The molecule has 0 aliphatic rings. The molecule has 1 amide bonds. The molecule has 0 saturated carbocycles. The molecule has 0 spiro atoms. The van der Waals surface area contributed by atoms with Crippen LogP contribution in [0.5, 0.6) is 11.5 Å². The summed E-state index contributed by atoms with van der Waals surface area (Å²) in [4.78, 5) is 23.6. The standard InChI is InChI=1S/C21H21ClN4O4/c1-4-20(25-12-15(22)11-23-25)21(27)24-16-8-17(26(28)29)10-19(9-16)30-18-6-13(2)5-14(3)7-18/h5-12,20H,4H2,1-3H3,(H,24,27). The molecule has 1 N–H and O–H groups in total. The fourth-order valence-corrected chi connectivity index (χ4v) is 3.29. The first-order chi connectivity index (χ1) is 14.2. The van der Waals surface area contributed by atoms with Crippen molar-refractivity contribution in [3.8, 4) is 11.5 Å². The van der Waals surface area contributed by atoms with Gasteiger partial charge in [-0.25, -0.2) is 0 Å². The van der Waals surface area contributed by atoms with E-state index in [1.54, 1.807) is 12.3 Å². The van der Waals surface area contributed by atoms with E-state index in [0.29, 0.717) is 17.2 Å². The molecule has 9 heteroatoms. The Balaban J connectivity index is 1.88. The van der Waals surface area contributed by atoms with Gasteiger partial charge in [0.05, 0.1) is 27.9 Å². The summed E-state index contributed by atoms with van der Waals surface area (Å²) >= 11 is 5.90. The molecule has 3 aromatic rings. The SMILES string of the molecule is CCC(C(=O)Nc1cc(Oc2cc(C)cc(C)c2)cc([N+](=O)[O-])c1)n1cc(Cl)cn1. The van der Waals surface area contributed by atoms with E-state index in [2.05, 4.69) is 10.4 Å². The Morgan fingerprint density at radius 2 is 1.87 bits per heavy atom. The van der Waals surface area contributed by atoms with E-state index >= 15 is 0 Å². The number of nitro groups is 1. The Kier molecular flexibility index (Phi) is 6.37. The Morgan fingerprint density at radius 1 is 1.20 bits per heavy atom. The van der Waals surface area contributed by atoms with Gasteiger partial charge in [-0.05, 0) is 43.5 Å². The molecular formula is C21H21ClN4O4. The summed E-state index contributed by atoms with van der Waals surface area (Å²) in [5.41, 5.74) is 2.08. The van der Waals surface area contributed by atoms with Gasteiger partial charge in [-0.2, -0.15) is 5.10 Å². The van der Waals surface area contributed by atoms with E-state index in [-0.39, 0.29) is 23.0 Å². The quantitative estimate of drug-likeness (QED) is 0.398. The molecule has 0 aliphatic carbocycles. The zero-order valence-electron chi connectivity index (χ0n) is 16.8. The summed E-state index contributed by atoms with van der Waals surface area (Å²) in [5, 5.41) is 18.6. The number of ether oxygens (including phenoxy) is 1. The first kappa shape index (κ1) is 21.3. The number of nitrogens with one attached hydrogen (secondary N) is 1. The number of carbonyl (C=O) groups is 1. The predicted octanol–water partition coefficient (Wildman–Crippen LogP) is 5.44. The highest BCUT2D eigenvalue weighted by Crippen LogP contribution is 2.31. The molecule has 0 saturated heterocycles. The zero-order valence-corrected chi connectivity index (χ0v) is 17.5. The van der Waals surface area contributed by atoms with Crippen LogP contribution in [0.4, 0.5) is 11.4 Å². The Bertz CT molecular complexity index is 1080. The molecule has 0 bridgehead atoms. The number of rotatable bonds is 7. The lowest BCUT2D eigenvalue weighted by Gasteiger charge is -2.16. The number of nitro benzene ring substituents is 1. The number of aromatic nitrogens is 2. The molecule has 1 aromatic heterocycles. The number of anilines is 1. The van der Waals surface area contributed by atoms with Crippen molar-refractivity contribution >= 4 is 28.9 Å². The second-order valence-electron chi connectivity index (χ2n) is 6.95. The summed E-state index contributed by atoms with van der Waals surface area (Å²) in [6.07, 6.45) is 3.46. The summed E-state index contributed by atoms with van der Waals surface area (Å²) in [7, 11) is 0. The first-order valence-electron chi connectivity index (χ1n) is 9.31. The minimum Gasteiger partial charge on any atom is -0.457 e. The zero-order chi connectivity index (χ0) is 21.8. The van der Waals surface area contributed by atoms with E-state index in [9.17, 15) is 14.9 Å². The third-order valence-corrected chi connectivity index (χ3v) is 4.57. The van der Waals surface area contributed by atoms with Gasteiger partial charge in [-0.3, -0.25) is 19.6 Å². The van der Waals surface area contributed by atoms with Crippen molar-refractivity contribution in [1.82, 2.24) is 9.78 Å². The van der Waals surface area contributed by atoms with Crippen molar-refractivity contribution in [3.05, 3.63) is 75.1 Å². The maximum atomic E-state index is 12.8. The van der Waals surface area contributed by atoms with Crippen molar-refractivity contribution in [2.75, 3.05) is 5.32 Å². The lowest BCUT2D eigenvalue weighted by atomic mass is 10.1. The number of nitrogens with zero attached hydrogens (tertiary/aromatic N) is 3. The fraction of sp³-hybridized carbons (Fsp3) is 0.238. The number of halogens is 1. The van der Waals surface area contributed by atoms with Crippen molar-refractivity contribution in [2.45, 2.75) is 33.2 Å². The molecule has 0 fully saturated rings. The minimum absolute atomic E-state index is 0.192. The molecule has 30 heavy (non-hydrogen) atoms. The van der Waals surface area contributed by atoms with E-state index in [1.807, 2.05) is 39.0 Å². The maximum absolute atomic E-state index is 12.8. The molecule has 0 aliphatic heterocycles. The fourth-order valence-electron chi connectivity index (χ4n) is 3.15. The highest BCUT2D eigenvalue weighted by molar-refractivity contribution is 6.30. The maximum Gasteiger partial charge on any atom is 0.275 e. The monoisotopic (exact) mass is 428 g/mol. The molecule has 8 nitrogen and oxygen atoms in total. The van der Waals surface area contributed by atoms with Gasteiger partial charge in [-0.15, -0.1) is 0 Å². The number of carbonyl (C=O) groups excluding carboxylic acids is 1. The summed E-state index contributed by atoms with van der Waals surface area (Å²) < 4.78 is 7.30. The molecule has 1 atom stereocenters. The van der Waals surface area contributed by atoms with Gasteiger partial charge in [0.15, 0.2) is 0 Å². The van der Waals surface area contributed by atoms with Gasteiger partial charge in [0, 0.05) is 18.3 Å². The van der Waals surface area contributed by atoms with Crippen LogP contribution in [0, 0.1) is 24.0 Å². The number of hydrogen-bond acceptors (Lipinski definition) is 5. The summed E-state index contributed by atoms with van der Waals surface area (Å²) in [6, 6.07) is 9.20. The van der Waals surface area contributed by atoms with E-state index in [1.165, 1.54) is 23.0 Å². The van der Waals surface area contributed by atoms with Crippen molar-refractivity contribution in [2.24, 2.45) is 0 Å². The topological polar surface area (TPSA) is 99.3 Å².